The number of benzene rings is 1. The molecule has 1 aromatic carbocycles. The number of aliphatic carboxylic acids is 1. The molecule has 0 bridgehead atoms. The lowest BCUT2D eigenvalue weighted by Gasteiger charge is -2.27. The summed E-state index contributed by atoms with van der Waals surface area (Å²) in [6, 6.07) is 3.02. The molecule has 0 saturated heterocycles. The highest BCUT2D eigenvalue weighted by Crippen LogP contribution is 2.44. The van der Waals surface area contributed by atoms with Crippen LogP contribution in [0.15, 0.2) is 17.7 Å². The van der Waals surface area contributed by atoms with Crippen LogP contribution in [0.1, 0.15) is 31.7 Å². The number of ketones is 1. The monoisotopic (exact) mass is 385 g/mol. The molecule has 0 spiro atoms. The number of nitrogens with two attached hydrogens (primary N) is 1. The van der Waals surface area contributed by atoms with E-state index < -0.39 is 18.5 Å². The molecule has 8 heteroatoms. The van der Waals surface area contributed by atoms with Gasteiger partial charge in [-0.1, -0.05) is 30.1 Å². The first-order valence-electron chi connectivity index (χ1n) is 7.68. The van der Waals surface area contributed by atoms with Crippen LogP contribution < -0.4 is 10.5 Å². The first kappa shape index (κ1) is 19.3. The second-order valence-corrected chi connectivity index (χ2v) is 6.40. The third-order valence-electron chi connectivity index (χ3n) is 4.10. The molecule has 0 aromatic heterocycles. The number of primary amides is 1. The van der Waals surface area contributed by atoms with E-state index in [1.54, 1.807) is 6.07 Å². The summed E-state index contributed by atoms with van der Waals surface area (Å²) < 4.78 is 5.08. The van der Waals surface area contributed by atoms with Crippen molar-refractivity contribution in [2.45, 2.75) is 26.2 Å². The Morgan fingerprint density at radius 2 is 2.00 bits per heavy atom. The van der Waals surface area contributed by atoms with Crippen LogP contribution in [-0.2, 0) is 14.4 Å². The van der Waals surface area contributed by atoms with Crippen LogP contribution in [0.3, 0.4) is 0 Å². The number of rotatable bonds is 6. The van der Waals surface area contributed by atoms with Crippen LogP contribution in [0, 0.1) is 5.92 Å². The Labute approximate surface area is 154 Å². The maximum absolute atomic E-state index is 12.2. The van der Waals surface area contributed by atoms with Gasteiger partial charge in [0.05, 0.1) is 10.6 Å². The summed E-state index contributed by atoms with van der Waals surface area (Å²) in [7, 11) is 0. The standard InChI is InChI=1S/C17H17Cl2NO5/c1-2-8-3-5-10(21)14(17(20)24)13(8)9-4-6-11(16(19)15(9)18)25-7-12(22)23/h4,6,8H,2-3,5,7H2,1H3,(H2,20,24)(H,22,23). The van der Waals surface area contributed by atoms with Crippen molar-refractivity contribution in [3.63, 3.8) is 0 Å². The number of carboxylic acids is 1. The van der Waals surface area contributed by atoms with Gasteiger partial charge in [-0.3, -0.25) is 9.59 Å². The first-order chi connectivity index (χ1) is 11.8. The predicted molar refractivity (Wildman–Crippen MR) is 93.7 cm³/mol. The molecule has 1 amide bonds. The Hall–Kier alpha value is -2.05. The molecule has 1 atom stereocenters. The summed E-state index contributed by atoms with van der Waals surface area (Å²) in [4.78, 5) is 34.6. The van der Waals surface area contributed by atoms with Gasteiger partial charge in [0.2, 0.25) is 0 Å². The quantitative estimate of drug-likeness (QED) is 0.731. The number of carbonyl (C=O) groups is 3. The number of carbonyl (C=O) groups excluding carboxylic acids is 2. The van der Waals surface area contributed by atoms with Crippen molar-refractivity contribution in [1.29, 1.82) is 0 Å². The Morgan fingerprint density at radius 3 is 2.56 bits per heavy atom. The topological polar surface area (TPSA) is 107 Å². The van der Waals surface area contributed by atoms with E-state index in [1.165, 1.54) is 6.07 Å². The minimum atomic E-state index is -1.15. The van der Waals surface area contributed by atoms with E-state index in [0.717, 1.165) is 0 Å². The molecule has 0 fully saturated rings. The molecule has 1 aliphatic carbocycles. The van der Waals surface area contributed by atoms with E-state index in [9.17, 15) is 14.4 Å². The number of amides is 1. The fourth-order valence-electron chi connectivity index (χ4n) is 2.95. The third kappa shape index (κ3) is 3.96. The second-order valence-electron chi connectivity index (χ2n) is 5.64. The Morgan fingerprint density at radius 1 is 1.32 bits per heavy atom. The summed E-state index contributed by atoms with van der Waals surface area (Å²) >= 11 is 12.5. The van der Waals surface area contributed by atoms with Gasteiger partial charge < -0.3 is 15.6 Å². The SMILES string of the molecule is CCC1CCC(=O)C(C(N)=O)=C1c1ccc(OCC(=O)O)c(Cl)c1Cl. The van der Waals surface area contributed by atoms with Crippen molar-refractivity contribution in [1.82, 2.24) is 0 Å². The first-order valence-corrected chi connectivity index (χ1v) is 8.43. The number of hydrogen-bond donors (Lipinski definition) is 2. The molecule has 0 radical (unpaired) electrons. The van der Waals surface area contributed by atoms with Gasteiger partial charge in [-0.05, 0) is 42.0 Å². The normalized spacial score (nSPS) is 17.6. The van der Waals surface area contributed by atoms with Gasteiger partial charge in [-0.15, -0.1) is 0 Å². The zero-order valence-corrected chi connectivity index (χ0v) is 15.0. The Balaban J connectivity index is 2.59. The highest BCUT2D eigenvalue weighted by molar-refractivity contribution is 6.44. The lowest BCUT2D eigenvalue weighted by Crippen LogP contribution is -2.28. The van der Waals surface area contributed by atoms with Crippen molar-refractivity contribution in [3.8, 4) is 5.75 Å². The van der Waals surface area contributed by atoms with Gasteiger partial charge in [0.15, 0.2) is 12.4 Å². The average Bonchev–Trinajstić information content (AvgIpc) is 2.55. The van der Waals surface area contributed by atoms with Crippen molar-refractivity contribution in [2.75, 3.05) is 6.61 Å². The molecule has 6 nitrogen and oxygen atoms in total. The molecule has 2 rings (SSSR count). The van der Waals surface area contributed by atoms with Crippen molar-refractivity contribution in [3.05, 3.63) is 33.3 Å². The molecule has 3 N–H and O–H groups in total. The van der Waals surface area contributed by atoms with Gasteiger partial charge in [0.25, 0.3) is 5.91 Å². The Kier molecular flexibility index (Phi) is 6.08. The van der Waals surface area contributed by atoms with E-state index >= 15 is 0 Å². The minimum absolute atomic E-state index is 0.0182. The molecular weight excluding hydrogens is 369 g/mol. The van der Waals surface area contributed by atoms with Gasteiger partial charge in [0, 0.05) is 6.42 Å². The van der Waals surface area contributed by atoms with E-state index in [-0.39, 0.29) is 39.5 Å². The average molecular weight is 386 g/mol. The zero-order valence-electron chi connectivity index (χ0n) is 13.5. The molecule has 1 aliphatic rings. The van der Waals surface area contributed by atoms with E-state index in [0.29, 0.717) is 24.0 Å². The van der Waals surface area contributed by atoms with Crippen LogP contribution in [0.4, 0.5) is 0 Å². The summed E-state index contributed by atoms with van der Waals surface area (Å²) in [5.74, 6) is -2.21. The zero-order chi connectivity index (χ0) is 18.7. The largest absolute Gasteiger partial charge is 0.480 e. The summed E-state index contributed by atoms with van der Waals surface area (Å²) in [5, 5.41) is 8.80. The maximum Gasteiger partial charge on any atom is 0.341 e. The number of ether oxygens (including phenoxy) is 1. The molecule has 0 aliphatic heterocycles. The molecule has 1 unspecified atom stereocenters. The summed E-state index contributed by atoms with van der Waals surface area (Å²) in [5.41, 5.74) is 6.29. The second kappa shape index (κ2) is 7.89. The third-order valence-corrected chi connectivity index (χ3v) is 4.97. The molecular formula is C17H17Cl2NO5. The molecule has 0 heterocycles. The van der Waals surface area contributed by atoms with Crippen LogP contribution in [0.25, 0.3) is 5.57 Å². The fraction of sp³-hybridized carbons (Fsp3) is 0.353. The van der Waals surface area contributed by atoms with Gasteiger partial charge in [-0.25, -0.2) is 4.79 Å². The Bertz CT molecular complexity index is 773. The number of allylic oxidation sites excluding steroid dienone is 1. The van der Waals surface area contributed by atoms with Crippen LogP contribution >= 0.6 is 23.2 Å². The number of halogens is 2. The minimum Gasteiger partial charge on any atom is -0.480 e. The number of hydrogen-bond acceptors (Lipinski definition) is 4. The lowest BCUT2D eigenvalue weighted by molar-refractivity contribution is -0.139. The molecule has 134 valence electrons. The molecule has 1 aromatic rings. The van der Waals surface area contributed by atoms with E-state index in [1.807, 2.05) is 6.92 Å². The number of carboxylic acid groups (broad SMARTS) is 1. The fourth-order valence-corrected chi connectivity index (χ4v) is 3.43. The van der Waals surface area contributed by atoms with Gasteiger partial charge in [-0.2, -0.15) is 0 Å². The lowest BCUT2D eigenvalue weighted by atomic mass is 9.77. The molecule has 25 heavy (non-hydrogen) atoms. The van der Waals surface area contributed by atoms with Crippen molar-refractivity contribution < 1.29 is 24.2 Å². The van der Waals surface area contributed by atoms with Gasteiger partial charge >= 0.3 is 5.97 Å². The summed E-state index contributed by atoms with van der Waals surface area (Å²) in [6.07, 6.45) is 1.54. The van der Waals surface area contributed by atoms with Crippen molar-refractivity contribution >= 4 is 46.4 Å². The maximum atomic E-state index is 12.2. The number of Topliss-reactive ketones (excluding diaryl/α,β-unsaturated/α-hetero) is 1. The highest BCUT2D eigenvalue weighted by atomic mass is 35.5. The summed E-state index contributed by atoms with van der Waals surface area (Å²) in [6.45, 7) is 1.37. The smallest absolute Gasteiger partial charge is 0.341 e. The van der Waals surface area contributed by atoms with Crippen LogP contribution in [0.2, 0.25) is 10.0 Å². The van der Waals surface area contributed by atoms with E-state index in [4.69, 9.17) is 38.8 Å². The van der Waals surface area contributed by atoms with Crippen LogP contribution in [0.5, 0.6) is 5.75 Å². The van der Waals surface area contributed by atoms with Gasteiger partial charge in [0.1, 0.15) is 10.8 Å². The van der Waals surface area contributed by atoms with E-state index in [2.05, 4.69) is 0 Å². The molecule has 0 saturated carbocycles. The highest BCUT2D eigenvalue weighted by Gasteiger charge is 2.33. The van der Waals surface area contributed by atoms with Crippen LogP contribution in [-0.4, -0.2) is 29.4 Å². The van der Waals surface area contributed by atoms with Crippen molar-refractivity contribution in [2.24, 2.45) is 11.7 Å². The predicted octanol–water partition coefficient (Wildman–Crippen LogP) is 3.08.